The van der Waals surface area contributed by atoms with Crippen LogP contribution in [0.3, 0.4) is 0 Å². The van der Waals surface area contributed by atoms with Gasteiger partial charge < -0.3 is 25.0 Å². The van der Waals surface area contributed by atoms with E-state index >= 15 is 0 Å². The lowest BCUT2D eigenvalue weighted by Gasteiger charge is -2.50. The molecule has 0 aromatic heterocycles. The number of hydrogen-bond donors (Lipinski definition) is 2. The summed E-state index contributed by atoms with van der Waals surface area (Å²) in [6, 6.07) is 10.5. The molecule has 2 aromatic rings. The van der Waals surface area contributed by atoms with Crippen LogP contribution in [-0.2, 0) is 15.1 Å². The molecular formula is C25H27F4N3O4. The number of nitrogens with zero attached hydrogens (tertiary/aromatic N) is 1. The van der Waals surface area contributed by atoms with E-state index in [0.717, 1.165) is 12.0 Å². The maximum absolute atomic E-state index is 14.4. The Balaban J connectivity index is 1.64. The molecule has 2 atom stereocenters. The van der Waals surface area contributed by atoms with Crippen LogP contribution in [0.1, 0.15) is 29.9 Å². The quantitative estimate of drug-likeness (QED) is 0.603. The first kappa shape index (κ1) is 25.7. The Kier molecular flexibility index (Phi) is 6.87. The van der Waals surface area contributed by atoms with Gasteiger partial charge in [0.25, 0.3) is 11.5 Å². The van der Waals surface area contributed by atoms with Crippen LogP contribution in [0, 0.1) is 5.82 Å². The maximum Gasteiger partial charge on any atom is 0.430 e. The highest BCUT2D eigenvalue weighted by Crippen LogP contribution is 2.46. The number of ether oxygens (including phenoxy) is 2. The number of benzene rings is 2. The fourth-order valence-corrected chi connectivity index (χ4v) is 5.34. The monoisotopic (exact) mass is 509 g/mol. The highest BCUT2D eigenvalue weighted by Gasteiger charge is 2.64. The normalized spacial score (nSPS) is 21.3. The number of hydrogen-bond acceptors (Lipinski definition) is 4. The molecule has 2 N–H and O–H groups in total. The van der Waals surface area contributed by atoms with Gasteiger partial charge in [0.15, 0.2) is 0 Å². The molecule has 11 heteroatoms. The number of alkyl halides is 3. The average Bonchev–Trinajstić information content (AvgIpc) is 2.85. The van der Waals surface area contributed by atoms with Gasteiger partial charge in [-0.2, -0.15) is 13.2 Å². The topological polar surface area (TPSA) is 79.9 Å². The van der Waals surface area contributed by atoms with Gasteiger partial charge in [-0.25, -0.2) is 9.18 Å². The van der Waals surface area contributed by atoms with Crippen molar-refractivity contribution in [1.29, 1.82) is 0 Å². The van der Waals surface area contributed by atoms with Gasteiger partial charge in [-0.1, -0.05) is 36.4 Å². The molecule has 3 amide bonds. The summed E-state index contributed by atoms with van der Waals surface area (Å²) < 4.78 is 67.3. The molecule has 0 radical (unpaired) electrons. The second kappa shape index (κ2) is 9.61. The van der Waals surface area contributed by atoms with Crippen LogP contribution in [0.2, 0.25) is 0 Å². The van der Waals surface area contributed by atoms with Gasteiger partial charge in [0.05, 0.1) is 12.6 Å². The smallest absolute Gasteiger partial charge is 0.430 e. The fourth-order valence-electron chi connectivity index (χ4n) is 5.34. The predicted octanol–water partition coefficient (Wildman–Crippen LogP) is 3.70. The summed E-state index contributed by atoms with van der Waals surface area (Å²) in [7, 11) is 2.28. The minimum atomic E-state index is -5.01. The number of carbonyl (C=O) groups is 2. The van der Waals surface area contributed by atoms with Crippen LogP contribution in [0.4, 0.5) is 22.4 Å². The standard InChI is InChI=1S/C25H27F4N3O4/c1-35-20-14-17(26)8-9-18(20)19-15-30-22(34)31-23(19)10-12-32(13-11-23)21(33)24(36-2,25(27,28)29)16-6-4-3-5-7-16/h3-9,14,19H,10-13,15H2,1-2H3,(H2,30,31,34)/t19-,24+/m0/s1. The van der Waals surface area contributed by atoms with Crippen LogP contribution in [0.25, 0.3) is 0 Å². The lowest BCUT2D eigenvalue weighted by Crippen LogP contribution is -2.67. The SMILES string of the molecule is COc1cc(F)ccc1[C@@H]1CNC(=O)NC12CCN(C(=O)[C@](OC)(c1ccccc1)C(F)(F)F)CC2. The van der Waals surface area contributed by atoms with Gasteiger partial charge >= 0.3 is 12.2 Å². The number of likely N-dealkylation sites (tertiary alicyclic amines) is 1. The molecule has 2 heterocycles. The summed E-state index contributed by atoms with van der Waals surface area (Å²) in [6.07, 6.45) is -4.64. The molecule has 7 nitrogen and oxygen atoms in total. The lowest BCUT2D eigenvalue weighted by molar-refractivity contribution is -0.270. The van der Waals surface area contributed by atoms with Crippen molar-refractivity contribution in [3.63, 3.8) is 0 Å². The highest BCUT2D eigenvalue weighted by molar-refractivity contribution is 5.88. The zero-order valence-electron chi connectivity index (χ0n) is 19.8. The zero-order chi connectivity index (χ0) is 26.1. The van der Waals surface area contributed by atoms with Crippen molar-refractivity contribution >= 4 is 11.9 Å². The lowest BCUT2D eigenvalue weighted by atomic mass is 9.71. The number of methoxy groups -OCH3 is 2. The van der Waals surface area contributed by atoms with Crippen LogP contribution in [-0.4, -0.2) is 62.4 Å². The Bertz CT molecular complexity index is 1120. The number of halogens is 4. The van der Waals surface area contributed by atoms with E-state index in [9.17, 15) is 27.2 Å². The minimum Gasteiger partial charge on any atom is -0.496 e. The molecule has 194 valence electrons. The van der Waals surface area contributed by atoms with Crippen molar-refractivity contribution in [2.75, 3.05) is 33.9 Å². The van der Waals surface area contributed by atoms with E-state index in [0.29, 0.717) is 11.3 Å². The third-order valence-electron chi connectivity index (χ3n) is 7.20. The van der Waals surface area contributed by atoms with Crippen LogP contribution in [0.5, 0.6) is 5.75 Å². The number of piperidine rings is 1. The Labute approximate surface area is 205 Å². The summed E-state index contributed by atoms with van der Waals surface area (Å²) in [4.78, 5) is 26.9. The van der Waals surface area contributed by atoms with E-state index in [-0.39, 0.29) is 44.0 Å². The molecule has 2 aromatic carbocycles. The molecule has 2 saturated heterocycles. The third kappa shape index (κ3) is 4.25. The molecule has 0 aliphatic carbocycles. The highest BCUT2D eigenvalue weighted by atomic mass is 19.4. The first-order chi connectivity index (χ1) is 17.1. The molecule has 0 saturated carbocycles. The molecular weight excluding hydrogens is 482 g/mol. The summed E-state index contributed by atoms with van der Waals surface area (Å²) >= 11 is 0. The van der Waals surface area contributed by atoms with Gasteiger partial charge in [-0.3, -0.25) is 4.79 Å². The van der Waals surface area contributed by atoms with Crippen LogP contribution in [0.15, 0.2) is 48.5 Å². The van der Waals surface area contributed by atoms with Crippen molar-refractivity contribution in [3.8, 4) is 5.75 Å². The Morgan fingerprint density at radius 3 is 2.33 bits per heavy atom. The largest absolute Gasteiger partial charge is 0.496 e. The second-order valence-corrected chi connectivity index (χ2v) is 8.97. The van der Waals surface area contributed by atoms with Crippen molar-refractivity contribution in [2.45, 2.75) is 36.1 Å². The molecule has 2 aliphatic rings. The van der Waals surface area contributed by atoms with E-state index in [1.165, 1.54) is 43.5 Å². The molecule has 0 unspecified atom stereocenters. The summed E-state index contributed by atoms with van der Waals surface area (Å²) in [5.74, 6) is -1.76. The van der Waals surface area contributed by atoms with Crippen molar-refractivity contribution in [3.05, 3.63) is 65.5 Å². The summed E-state index contributed by atoms with van der Waals surface area (Å²) in [5, 5.41) is 5.66. The molecule has 2 aliphatic heterocycles. The zero-order valence-corrected chi connectivity index (χ0v) is 19.8. The van der Waals surface area contributed by atoms with E-state index in [4.69, 9.17) is 9.47 Å². The minimum absolute atomic E-state index is 0.0485. The number of amides is 3. The van der Waals surface area contributed by atoms with E-state index < -0.39 is 35.1 Å². The summed E-state index contributed by atoms with van der Waals surface area (Å²) in [6.45, 7) is 0.122. The fraction of sp³-hybridized carbons (Fsp3) is 0.440. The second-order valence-electron chi connectivity index (χ2n) is 8.97. The Morgan fingerprint density at radius 1 is 1.08 bits per heavy atom. The van der Waals surface area contributed by atoms with E-state index in [2.05, 4.69) is 10.6 Å². The maximum atomic E-state index is 14.4. The molecule has 2 fully saturated rings. The van der Waals surface area contributed by atoms with Gasteiger partial charge in [-0.05, 0) is 18.9 Å². The number of carbonyl (C=O) groups excluding carboxylic acids is 2. The van der Waals surface area contributed by atoms with Gasteiger partial charge in [0, 0.05) is 49.9 Å². The van der Waals surface area contributed by atoms with Gasteiger partial charge in [-0.15, -0.1) is 0 Å². The van der Waals surface area contributed by atoms with E-state index in [1.807, 2.05) is 0 Å². The number of urea groups is 1. The van der Waals surface area contributed by atoms with Crippen molar-refractivity contribution in [1.82, 2.24) is 15.5 Å². The molecule has 1 spiro atoms. The van der Waals surface area contributed by atoms with Crippen LogP contribution >= 0.6 is 0 Å². The first-order valence-corrected chi connectivity index (χ1v) is 11.4. The van der Waals surface area contributed by atoms with Gasteiger partial charge in [0.1, 0.15) is 11.6 Å². The molecule has 0 bridgehead atoms. The average molecular weight is 510 g/mol. The summed E-state index contributed by atoms with van der Waals surface area (Å²) in [5.41, 5.74) is -3.69. The predicted molar refractivity (Wildman–Crippen MR) is 122 cm³/mol. The Morgan fingerprint density at radius 2 is 1.75 bits per heavy atom. The van der Waals surface area contributed by atoms with Crippen LogP contribution < -0.4 is 15.4 Å². The van der Waals surface area contributed by atoms with Gasteiger partial charge in [0.2, 0.25) is 0 Å². The molecule has 36 heavy (non-hydrogen) atoms. The van der Waals surface area contributed by atoms with Crippen molar-refractivity contribution in [2.24, 2.45) is 0 Å². The number of nitrogens with one attached hydrogen (secondary N) is 2. The Hall–Kier alpha value is -3.34. The molecule has 4 rings (SSSR count). The van der Waals surface area contributed by atoms with E-state index in [1.54, 1.807) is 12.1 Å². The first-order valence-electron chi connectivity index (χ1n) is 11.4. The van der Waals surface area contributed by atoms with Crippen molar-refractivity contribution < 1.29 is 36.6 Å². The number of rotatable bonds is 5. The third-order valence-corrected chi connectivity index (χ3v) is 7.20.